The average Bonchev–Trinajstić information content (AvgIpc) is 3.39. The van der Waals surface area contributed by atoms with Gasteiger partial charge in [0, 0.05) is 23.4 Å². The third-order valence-electron chi connectivity index (χ3n) is 6.06. The SMILES string of the molecule is COc1cccc(-n2cc(-c3cc(=O)c4cc(C)cc(C(C)Nc5ccccc5C(=O)O)c4o3)nn2)c1. The lowest BCUT2D eigenvalue weighted by atomic mass is 10.0. The monoisotopic (exact) mass is 496 g/mol. The Hall–Kier alpha value is -4.92. The molecule has 0 amide bonds. The molecule has 186 valence electrons. The highest BCUT2D eigenvalue weighted by molar-refractivity contribution is 5.94. The van der Waals surface area contributed by atoms with Gasteiger partial charge < -0.3 is 19.6 Å². The van der Waals surface area contributed by atoms with Gasteiger partial charge in [0.25, 0.3) is 0 Å². The fourth-order valence-corrected chi connectivity index (χ4v) is 4.24. The van der Waals surface area contributed by atoms with Gasteiger partial charge in [-0.3, -0.25) is 4.79 Å². The molecule has 0 saturated carbocycles. The lowest BCUT2D eigenvalue weighted by Gasteiger charge is -2.19. The first-order chi connectivity index (χ1) is 17.8. The van der Waals surface area contributed by atoms with Crippen molar-refractivity contribution in [2.24, 2.45) is 0 Å². The number of hydrogen-bond donors (Lipinski definition) is 2. The van der Waals surface area contributed by atoms with Gasteiger partial charge in [0.1, 0.15) is 17.0 Å². The van der Waals surface area contributed by atoms with Gasteiger partial charge >= 0.3 is 5.97 Å². The number of carboxylic acids is 1. The molecule has 9 nitrogen and oxygen atoms in total. The van der Waals surface area contributed by atoms with Gasteiger partial charge in [0.05, 0.1) is 36.0 Å². The maximum atomic E-state index is 13.1. The summed E-state index contributed by atoms with van der Waals surface area (Å²) in [6.45, 7) is 3.78. The van der Waals surface area contributed by atoms with Gasteiger partial charge in [-0.25, -0.2) is 9.48 Å². The Labute approximate surface area is 211 Å². The molecule has 2 aromatic heterocycles. The number of nitrogens with zero attached hydrogens (tertiary/aromatic N) is 3. The number of benzene rings is 3. The Morgan fingerprint density at radius 3 is 2.70 bits per heavy atom. The molecule has 5 rings (SSSR count). The summed E-state index contributed by atoms with van der Waals surface area (Å²) < 4.78 is 13.1. The van der Waals surface area contributed by atoms with E-state index < -0.39 is 5.97 Å². The lowest BCUT2D eigenvalue weighted by Crippen LogP contribution is -2.12. The first-order valence-corrected chi connectivity index (χ1v) is 11.6. The predicted octanol–water partition coefficient (Wildman–Crippen LogP) is 5.23. The number of ether oxygens (including phenoxy) is 1. The minimum Gasteiger partial charge on any atom is -0.497 e. The molecule has 1 unspecified atom stereocenters. The number of aromatic nitrogens is 3. The summed E-state index contributed by atoms with van der Waals surface area (Å²) in [5.41, 5.74) is 3.55. The molecular formula is C28H24N4O5. The molecule has 0 aliphatic carbocycles. The molecule has 1 atom stereocenters. The topological polar surface area (TPSA) is 119 Å². The quantitative estimate of drug-likeness (QED) is 0.314. The molecule has 2 N–H and O–H groups in total. The highest BCUT2D eigenvalue weighted by Gasteiger charge is 2.19. The number of rotatable bonds is 7. The van der Waals surface area contributed by atoms with Crippen LogP contribution in [0.2, 0.25) is 0 Å². The van der Waals surface area contributed by atoms with Crippen LogP contribution in [-0.2, 0) is 0 Å². The minimum atomic E-state index is -1.03. The molecule has 0 fully saturated rings. The van der Waals surface area contributed by atoms with E-state index in [0.29, 0.717) is 33.7 Å². The summed E-state index contributed by atoms with van der Waals surface area (Å²) >= 11 is 0. The van der Waals surface area contributed by atoms with Crippen LogP contribution >= 0.6 is 0 Å². The van der Waals surface area contributed by atoms with E-state index in [1.165, 1.54) is 12.1 Å². The zero-order valence-electron chi connectivity index (χ0n) is 20.4. The van der Waals surface area contributed by atoms with E-state index in [4.69, 9.17) is 9.15 Å². The van der Waals surface area contributed by atoms with Crippen LogP contribution in [0.5, 0.6) is 5.75 Å². The number of carboxylic acid groups (broad SMARTS) is 1. The molecule has 0 spiro atoms. The molecule has 5 aromatic rings. The normalized spacial score (nSPS) is 11.9. The summed E-state index contributed by atoms with van der Waals surface area (Å²) in [4.78, 5) is 24.8. The number of carbonyl (C=O) groups is 1. The Balaban J connectivity index is 1.57. The minimum absolute atomic E-state index is 0.155. The maximum absolute atomic E-state index is 13.1. The first-order valence-electron chi connectivity index (χ1n) is 11.6. The number of para-hydroxylation sites is 1. The third kappa shape index (κ3) is 4.66. The van der Waals surface area contributed by atoms with Crippen molar-refractivity contribution in [1.29, 1.82) is 0 Å². The third-order valence-corrected chi connectivity index (χ3v) is 6.06. The Kier molecular flexibility index (Phi) is 6.19. The van der Waals surface area contributed by atoms with Gasteiger partial charge in [-0.05, 0) is 49.7 Å². The van der Waals surface area contributed by atoms with Crippen molar-refractivity contribution in [2.75, 3.05) is 12.4 Å². The number of aryl methyl sites for hydroxylation is 1. The standard InChI is InChI=1S/C28H24N4O5/c1-16-11-21(17(2)29-23-10-5-4-9-20(23)28(34)35)27-22(12-16)25(33)14-26(37-27)24-15-32(31-30-24)18-7-6-8-19(13-18)36-3/h4-15,17,29H,1-3H3,(H,34,35). The van der Waals surface area contributed by atoms with Crippen molar-refractivity contribution in [1.82, 2.24) is 15.0 Å². The van der Waals surface area contributed by atoms with E-state index in [9.17, 15) is 14.7 Å². The number of hydrogen-bond acceptors (Lipinski definition) is 7. The Morgan fingerprint density at radius 1 is 1.11 bits per heavy atom. The van der Waals surface area contributed by atoms with E-state index in [-0.39, 0.29) is 22.8 Å². The molecule has 37 heavy (non-hydrogen) atoms. The van der Waals surface area contributed by atoms with E-state index in [2.05, 4.69) is 15.6 Å². The van der Waals surface area contributed by atoms with Crippen LogP contribution in [0.3, 0.4) is 0 Å². The average molecular weight is 497 g/mol. The number of nitrogens with one attached hydrogen (secondary N) is 1. The highest BCUT2D eigenvalue weighted by Crippen LogP contribution is 2.31. The van der Waals surface area contributed by atoms with Crippen LogP contribution in [0.25, 0.3) is 28.1 Å². The molecule has 0 aliphatic rings. The second-order valence-corrected chi connectivity index (χ2v) is 8.67. The second-order valence-electron chi connectivity index (χ2n) is 8.67. The smallest absolute Gasteiger partial charge is 0.337 e. The molecule has 9 heteroatoms. The van der Waals surface area contributed by atoms with Crippen LogP contribution in [0.1, 0.15) is 34.5 Å². The molecule has 2 heterocycles. The number of anilines is 1. The van der Waals surface area contributed by atoms with Gasteiger partial charge in [-0.1, -0.05) is 29.5 Å². The van der Waals surface area contributed by atoms with Gasteiger partial charge in [0.2, 0.25) is 0 Å². The number of fused-ring (bicyclic) bond motifs is 1. The van der Waals surface area contributed by atoms with Crippen molar-refractivity contribution < 1.29 is 19.1 Å². The molecular weight excluding hydrogens is 472 g/mol. The van der Waals surface area contributed by atoms with Gasteiger partial charge in [-0.2, -0.15) is 0 Å². The van der Waals surface area contributed by atoms with Gasteiger partial charge in [0.15, 0.2) is 11.2 Å². The molecule has 0 bridgehead atoms. The summed E-state index contributed by atoms with van der Waals surface area (Å²) in [5.74, 6) is -0.0787. The van der Waals surface area contributed by atoms with Crippen LogP contribution in [-0.4, -0.2) is 33.2 Å². The number of aromatic carboxylic acids is 1. The highest BCUT2D eigenvalue weighted by atomic mass is 16.5. The van der Waals surface area contributed by atoms with Crippen molar-refractivity contribution in [3.8, 4) is 22.9 Å². The Morgan fingerprint density at radius 2 is 1.92 bits per heavy atom. The van der Waals surface area contributed by atoms with Crippen LogP contribution in [0, 0.1) is 6.92 Å². The fraction of sp³-hybridized carbons (Fsp3) is 0.143. The molecule has 0 saturated heterocycles. The van der Waals surface area contributed by atoms with E-state index in [1.807, 2.05) is 44.2 Å². The maximum Gasteiger partial charge on any atom is 0.337 e. The van der Waals surface area contributed by atoms with E-state index >= 15 is 0 Å². The van der Waals surface area contributed by atoms with Crippen molar-refractivity contribution in [3.63, 3.8) is 0 Å². The summed E-state index contributed by atoms with van der Waals surface area (Å²) in [6.07, 6.45) is 1.68. The zero-order chi connectivity index (χ0) is 26.1. The fourth-order valence-electron chi connectivity index (χ4n) is 4.24. The van der Waals surface area contributed by atoms with Crippen LogP contribution in [0.4, 0.5) is 5.69 Å². The molecule has 0 radical (unpaired) electrons. The Bertz CT molecular complexity index is 1690. The summed E-state index contributed by atoms with van der Waals surface area (Å²) in [5, 5.41) is 21.6. The van der Waals surface area contributed by atoms with Gasteiger partial charge in [-0.15, -0.1) is 5.10 Å². The largest absolute Gasteiger partial charge is 0.497 e. The molecule has 3 aromatic carbocycles. The van der Waals surface area contributed by atoms with E-state index in [0.717, 1.165) is 11.3 Å². The van der Waals surface area contributed by atoms with Crippen LogP contribution in [0.15, 0.2) is 82.1 Å². The molecule has 0 aliphatic heterocycles. The van der Waals surface area contributed by atoms with Crippen LogP contribution < -0.4 is 15.5 Å². The lowest BCUT2D eigenvalue weighted by molar-refractivity contribution is 0.0698. The van der Waals surface area contributed by atoms with Crippen molar-refractivity contribution in [2.45, 2.75) is 19.9 Å². The summed E-state index contributed by atoms with van der Waals surface area (Å²) in [7, 11) is 1.59. The van der Waals surface area contributed by atoms with Crippen molar-refractivity contribution in [3.05, 3.63) is 99.8 Å². The van der Waals surface area contributed by atoms with E-state index in [1.54, 1.807) is 42.3 Å². The van der Waals surface area contributed by atoms with Crippen molar-refractivity contribution >= 4 is 22.6 Å². The second kappa shape index (κ2) is 9.62. The summed E-state index contributed by atoms with van der Waals surface area (Å²) in [6, 6.07) is 18.8. The zero-order valence-corrected chi connectivity index (χ0v) is 20.4. The number of methoxy groups -OCH3 is 1. The first kappa shape index (κ1) is 23.8. The predicted molar refractivity (Wildman–Crippen MR) is 140 cm³/mol.